The quantitative estimate of drug-likeness (QED) is 0.336. The van der Waals surface area contributed by atoms with Gasteiger partial charge in [0.05, 0.1) is 11.6 Å². The fraction of sp³-hybridized carbons (Fsp3) is 0.120. The number of halogens is 2. The van der Waals surface area contributed by atoms with Gasteiger partial charge in [0.2, 0.25) is 0 Å². The number of benzene rings is 3. The highest BCUT2D eigenvalue weighted by Crippen LogP contribution is 2.37. The molecule has 3 aromatic carbocycles. The summed E-state index contributed by atoms with van der Waals surface area (Å²) in [4.78, 5) is 12.4. The molecule has 0 aromatic heterocycles. The zero-order chi connectivity index (χ0) is 22.9. The Morgan fingerprint density at radius 3 is 2.50 bits per heavy atom. The number of hydrogen-bond acceptors (Lipinski definition) is 4. The lowest BCUT2D eigenvalue weighted by molar-refractivity contribution is -0.117. The van der Waals surface area contributed by atoms with E-state index in [0.29, 0.717) is 28.1 Å². The van der Waals surface area contributed by atoms with E-state index in [0.717, 1.165) is 11.1 Å². The standard InChI is InChI=1S/C25H20BrFN2O3/c1-31-23-13-19(11-20(14-28)25(30)29-15-17-5-3-2-4-6-17)12-22(26)24(23)32-16-18-7-9-21(27)10-8-18/h2-13H,15-16H2,1H3,(H,29,30)/b20-11-. The van der Waals surface area contributed by atoms with Gasteiger partial charge in [0.15, 0.2) is 11.5 Å². The molecule has 0 bridgehead atoms. The van der Waals surface area contributed by atoms with Gasteiger partial charge in [0.25, 0.3) is 5.91 Å². The molecule has 7 heteroatoms. The minimum atomic E-state index is -0.469. The summed E-state index contributed by atoms with van der Waals surface area (Å²) in [6.07, 6.45) is 1.48. The zero-order valence-electron chi connectivity index (χ0n) is 17.3. The second-order valence-corrected chi connectivity index (χ2v) is 7.64. The number of amides is 1. The van der Waals surface area contributed by atoms with Gasteiger partial charge in [0.1, 0.15) is 24.1 Å². The molecular weight excluding hydrogens is 475 g/mol. The Morgan fingerprint density at radius 1 is 1.12 bits per heavy atom. The summed E-state index contributed by atoms with van der Waals surface area (Å²) in [7, 11) is 1.50. The molecule has 0 aliphatic heterocycles. The number of hydrogen-bond donors (Lipinski definition) is 1. The monoisotopic (exact) mass is 494 g/mol. The van der Waals surface area contributed by atoms with Crippen molar-refractivity contribution in [3.8, 4) is 17.6 Å². The molecule has 0 radical (unpaired) electrons. The summed E-state index contributed by atoms with van der Waals surface area (Å²) >= 11 is 3.46. The maximum atomic E-state index is 13.1. The van der Waals surface area contributed by atoms with Crippen molar-refractivity contribution in [2.24, 2.45) is 0 Å². The molecule has 0 aliphatic rings. The fourth-order valence-electron chi connectivity index (χ4n) is 2.89. The lowest BCUT2D eigenvalue weighted by Gasteiger charge is -2.14. The van der Waals surface area contributed by atoms with Gasteiger partial charge in [-0.25, -0.2) is 4.39 Å². The highest BCUT2D eigenvalue weighted by molar-refractivity contribution is 9.10. The Kier molecular flexibility index (Phi) is 8.01. The predicted molar refractivity (Wildman–Crippen MR) is 123 cm³/mol. The van der Waals surface area contributed by atoms with Crippen molar-refractivity contribution in [2.75, 3.05) is 7.11 Å². The average molecular weight is 495 g/mol. The van der Waals surface area contributed by atoms with E-state index >= 15 is 0 Å². The van der Waals surface area contributed by atoms with Crippen LogP contribution >= 0.6 is 15.9 Å². The summed E-state index contributed by atoms with van der Waals surface area (Å²) in [5, 5.41) is 12.2. The van der Waals surface area contributed by atoms with Crippen molar-refractivity contribution < 1.29 is 18.7 Å². The molecular formula is C25H20BrFN2O3. The second kappa shape index (κ2) is 11.1. The number of nitrogens with zero attached hydrogens (tertiary/aromatic N) is 1. The van der Waals surface area contributed by atoms with Crippen LogP contribution in [0.4, 0.5) is 4.39 Å². The molecule has 0 spiro atoms. The maximum Gasteiger partial charge on any atom is 0.262 e. The number of carbonyl (C=O) groups excluding carboxylic acids is 1. The topological polar surface area (TPSA) is 71.3 Å². The smallest absolute Gasteiger partial charge is 0.262 e. The molecule has 0 heterocycles. The summed E-state index contributed by atoms with van der Waals surface area (Å²) in [5.74, 6) is 0.101. The Hall–Kier alpha value is -3.63. The average Bonchev–Trinajstić information content (AvgIpc) is 2.81. The first-order chi connectivity index (χ1) is 15.5. The Labute approximate surface area is 194 Å². The first-order valence-corrected chi connectivity index (χ1v) is 10.5. The van der Waals surface area contributed by atoms with E-state index in [4.69, 9.17) is 9.47 Å². The van der Waals surface area contributed by atoms with Crippen molar-refractivity contribution in [3.05, 3.63) is 99.3 Å². The Bertz CT molecular complexity index is 1160. The van der Waals surface area contributed by atoms with E-state index in [-0.39, 0.29) is 18.0 Å². The molecule has 0 atom stereocenters. The van der Waals surface area contributed by atoms with Crippen LogP contribution in [0.1, 0.15) is 16.7 Å². The van der Waals surface area contributed by atoms with E-state index in [1.807, 2.05) is 36.4 Å². The van der Waals surface area contributed by atoms with Crippen LogP contribution in [0.2, 0.25) is 0 Å². The van der Waals surface area contributed by atoms with Gasteiger partial charge in [0, 0.05) is 6.54 Å². The van der Waals surface area contributed by atoms with Crippen molar-refractivity contribution >= 4 is 27.9 Å². The van der Waals surface area contributed by atoms with Crippen molar-refractivity contribution in [1.29, 1.82) is 5.26 Å². The SMILES string of the molecule is COc1cc(/C=C(/C#N)C(=O)NCc2ccccc2)cc(Br)c1OCc1ccc(F)cc1. The third-order valence-corrected chi connectivity index (χ3v) is 5.11. The molecule has 1 amide bonds. The van der Waals surface area contributed by atoms with Crippen LogP contribution in [0, 0.1) is 17.1 Å². The van der Waals surface area contributed by atoms with Gasteiger partial charge in [-0.2, -0.15) is 5.26 Å². The number of carbonyl (C=O) groups is 1. The van der Waals surface area contributed by atoms with Crippen LogP contribution in [0.5, 0.6) is 11.5 Å². The van der Waals surface area contributed by atoms with Gasteiger partial charge in [-0.05, 0) is 63.0 Å². The number of rotatable bonds is 8. The minimum absolute atomic E-state index is 0.0325. The Morgan fingerprint density at radius 2 is 1.84 bits per heavy atom. The molecule has 0 aliphatic carbocycles. The molecule has 0 unspecified atom stereocenters. The van der Waals surface area contributed by atoms with E-state index in [9.17, 15) is 14.4 Å². The lowest BCUT2D eigenvalue weighted by atomic mass is 10.1. The van der Waals surface area contributed by atoms with Crippen LogP contribution < -0.4 is 14.8 Å². The fourth-order valence-corrected chi connectivity index (χ4v) is 3.46. The van der Waals surface area contributed by atoms with E-state index in [1.165, 1.54) is 25.3 Å². The number of methoxy groups -OCH3 is 1. The maximum absolute atomic E-state index is 13.1. The largest absolute Gasteiger partial charge is 0.493 e. The summed E-state index contributed by atoms with van der Waals surface area (Å²) in [5.41, 5.74) is 2.29. The minimum Gasteiger partial charge on any atom is -0.493 e. The van der Waals surface area contributed by atoms with E-state index in [1.54, 1.807) is 24.3 Å². The van der Waals surface area contributed by atoms with Crippen LogP contribution in [0.25, 0.3) is 6.08 Å². The van der Waals surface area contributed by atoms with Crippen molar-refractivity contribution in [2.45, 2.75) is 13.2 Å². The molecule has 0 fully saturated rings. The van der Waals surface area contributed by atoms with Gasteiger partial charge < -0.3 is 14.8 Å². The first-order valence-electron chi connectivity index (χ1n) is 9.69. The normalized spacial score (nSPS) is 10.9. The predicted octanol–water partition coefficient (Wildman–Crippen LogP) is 5.40. The Balaban J connectivity index is 1.75. The van der Waals surface area contributed by atoms with Gasteiger partial charge in [-0.1, -0.05) is 42.5 Å². The molecule has 3 aromatic rings. The molecule has 5 nitrogen and oxygen atoms in total. The highest BCUT2D eigenvalue weighted by Gasteiger charge is 2.14. The van der Waals surface area contributed by atoms with Gasteiger partial charge >= 0.3 is 0 Å². The molecule has 3 rings (SSSR count). The highest BCUT2D eigenvalue weighted by atomic mass is 79.9. The van der Waals surface area contributed by atoms with Crippen molar-refractivity contribution in [1.82, 2.24) is 5.32 Å². The van der Waals surface area contributed by atoms with Crippen LogP contribution in [0.3, 0.4) is 0 Å². The number of ether oxygens (including phenoxy) is 2. The van der Waals surface area contributed by atoms with E-state index < -0.39 is 5.91 Å². The van der Waals surface area contributed by atoms with Gasteiger partial charge in [-0.3, -0.25) is 4.79 Å². The summed E-state index contributed by atoms with van der Waals surface area (Å²) in [6.45, 7) is 0.539. The number of nitriles is 1. The molecule has 32 heavy (non-hydrogen) atoms. The second-order valence-electron chi connectivity index (χ2n) is 6.79. The third kappa shape index (κ3) is 6.19. The molecule has 162 valence electrons. The summed E-state index contributed by atoms with van der Waals surface area (Å²) in [6, 6.07) is 20.8. The molecule has 0 saturated heterocycles. The summed E-state index contributed by atoms with van der Waals surface area (Å²) < 4.78 is 24.9. The van der Waals surface area contributed by atoms with Crippen LogP contribution in [-0.4, -0.2) is 13.0 Å². The zero-order valence-corrected chi connectivity index (χ0v) is 18.9. The molecule has 0 saturated carbocycles. The number of nitrogens with one attached hydrogen (secondary N) is 1. The molecule has 1 N–H and O–H groups in total. The van der Waals surface area contributed by atoms with Crippen LogP contribution in [0.15, 0.2) is 76.8 Å². The first kappa shape index (κ1) is 23.0. The lowest BCUT2D eigenvalue weighted by Crippen LogP contribution is -2.23. The third-order valence-electron chi connectivity index (χ3n) is 4.52. The van der Waals surface area contributed by atoms with Crippen molar-refractivity contribution in [3.63, 3.8) is 0 Å². The van der Waals surface area contributed by atoms with Gasteiger partial charge in [-0.15, -0.1) is 0 Å². The van der Waals surface area contributed by atoms with E-state index in [2.05, 4.69) is 21.2 Å². The van der Waals surface area contributed by atoms with Crippen LogP contribution in [-0.2, 0) is 17.9 Å².